The van der Waals surface area contributed by atoms with Crippen molar-refractivity contribution in [2.24, 2.45) is 0 Å². The van der Waals surface area contributed by atoms with Crippen molar-refractivity contribution < 1.29 is 0 Å². The van der Waals surface area contributed by atoms with E-state index < -0.39 is 0 Å². The zero-order valence-corrected chi connectivity index (χ0v) is 37.0. The number of rotatable bonds is 8. The average molecular weight is 891 g/mol. The lowest BCUT2D eigenvalue weighted by molar-refractivity contribution is 1.83. The summed E-state index contributed by atoms with van der Waals surface area (Å²) in [6.45, 7) is 0. The second-order valence-electron chi connectivity index (χ2n) is 13.5. The first-order chi connectivity index (χ1) is 28.2. The van der Waals surface area contributed by atoms with Crippen LogP contribution in [-0.2, 0) is 0 Å². The zero-order chi connectivity index (χ0) is 37.5. The van der Waals surface area contributed by atoms with Gasteiger partial charge in [-0.25, -0.2) is 0 Å². The van der Waals surface area contributed by atoms with Crippen LogP contribution < -0.4 is 0 Å². The van der Waals surface area contributed by atoms with Crippen LogP contribution in [0.5, 0.6) is 0 Å². The van der Waals surface area contributed by atoms with Gasteiger partial charge >= 0.3 is 0 Å². The molecule has 0 aliphatic rings. The first-order valence-corrected chi connectivity index (χ1v) is 25.7. The molecule has 0 saturated carbocycles. The van der Waals surface area contributed by atoms with Crippen LogP contribution >= 0.6 is 102 Å². The molecule has 9 aromatic heterocycles. The Morgan fingerprint density at radius 1 is 0.193 bits per heavy atom. The Labute approximate surface area is 365 Å². The summed E-state index contributed by atoms with van der Waals surface area (Å²) in [5.74, 6) is 0. The maximum absolute atomic E-state index is 2.34. The number of hydrogen-bond acceptors (Lipinski definition) is 9. The highest BCUT2D eigenvalue weighted by Gasteiger charge is 2.21. The largest absolute Gasteiger partial charge is 0.143 e. The van der Waals surface area contributed by atoms with E-state index in [1.807, 2.05) is 102 Å². The lowest BCUT2D eigenvalue weighted by atomic mass is 10.1. The van der Waals surface area contributed by atoms with E-state index >= 15 is 0 Å². The first kappa shape index (κ1) is 34.8. The molecule has 0 saturated heterocycles. The van der Waals surface area contributed by atoms with Gasteiger partial charge in [0, 0.05) is 81.1 Å². The van der Waals surface area contributed by atoms with Crippen molar-refractivity contribution in [2.75, 3.05) is 0 Å². The maximum atomic E-state index is 2.34. The van der Waals surface area contributed by atoms with E-state index in [0.29, 0.717) is 0 Å². The van der Waals surface area contributed by atoms with Gasteiger partial charge in [0.25, 0.3) is 0 Å². The Morgan fingerprint density at radius 3 is 0.684 bits per heavy atom. The van der Waals surface area contributed by atoms with Crippen molar-refractivity contribution >= 4 is 134 Å². The van der Waals surface area contributed by atoms with Crippen molar-refractivity contribution in [1.82, 2.24) is 0 Å². The van der Waals surface area contributed by atoms with Crippen molar-refractivity contribution in [3.63, 3.8) is 0 Å². The smallest absolute Gasteiger partial charge is 0.0528 e. The third-order valence-electron chi connectivity index (χ3n) is 10.2. The fraction of sp³-hybridized carbons (Fsp3) is 0. The second kappa shape index (κ2) is 14.2. The molecule has 0 unspecified atom stereocenters. The third kappa shape index (κ3) is 5.94. The van der Waals surface area contributed by atoms with Crippen LogP contribution in [0, 0.1) is 0 Å². The molecule has 0 fully saturated rings. The summed E-state index contributed by atoms with van der Waals surface area (Å²) < 4.78 is 0. The summed E-state index contributed by atoms with van der Waals surface area (Å²) in [4.78, 5) is 21.5. The molecule has 9 heterocycles. The van der Waals surface area contributed by atoms with Gasteiger partial charge in [-0.05, 0) is 71.4 Å². The Hall–Kier alpha value is -4.26. The first-order valence-electron chi connectivity index (χ1n) is 18.3. The Balaban J connectivity index is 0.860. The quantitative estimate of drug-likeness (QED) is 0.143. The molecule has 3 aromatic carbocycles. The molecule has 12 rings (SSSR count). The molecule has 0 radical (unpaired) electrons. The highest BCUT2D eigenvalue weighted by atomic mass is 32.1. The minimum Gasteiger partial charge on any atom is -0.143 e. The van der Waals surface area contributed by atoms with E-state index in [0.717, 1.165) is 0 Å². The summed E-state index contributed by atoms with van der Waals surface area (Å²) in [5, 5.41) is 12.4. The fourth-order valence-electron chi connectivity index (χ4n) is 7.56. The topological polar surface area (TPSA) is 0 Å². The van der Waals surface area contributed by atoms with Gasteiger partial charge in [-0.3, -0.25) is 0 Å². The van der Waals surface area contributed by atoms with Crippen LogP contribution in [0.25, 0.3) is 110 Å². The Bertz CT molecular complexity index is 3140. The molecule has 0 nitrogen and oxygen atoms in total. The summed E-state index contributed by atoms with van der Waals surface area (Å²) in [7, 11) is 0. The van der Waals surface area contributed by atoms with E-state index in [2.05, 4.69) is 156 Å². The second-order valence-corrected chi connectivity index (χ2v) is 22.8. The fourth-order valence-corrected chi connectivity index (χ4v) is 17.8. The van der Waals surface area contributed by atoms with Gasteiger partial charge in [0.05, 0.1) is 29.3 Å². The van der Waals surface area contributed by atoms with E-state index in [1.165, 1.54) is 110 Å². The highest BCUT2D eigenvalue weighted by Crippen LogP contribution is 2.53. The zero-order valence-electron chi connectivity index (χ0n) is 29.7. The van der Waals surface area contributed by atoms with Gasteiger partial charge in [0.15, 0.2) is 0 Å². The van der Waals surface area contributed by atoms with Crippen molar-refractivity contribution in [1.29, 1.82) is 0 Å². The molecule has 0 N–H and O–H groups in total. The lowest BCUT2D eigenvalue weighted by Gasteiger charge is -1.96. The molecule has 9 heteroatoms. The van der Waals surface area contributed by atoms with Crippen LogP contribution in [-0.4, -0.2) is 0 Å². The normalized spacial score (nSPS) is 11.9. The third-order valence-corrected chi connectivity index (χ3v) is 21.4. The lowest BCUT2D eigenvalue weighted by Crippen LogP contribution is -1.68. The van der Waals surface area contributed by atoms with E-state index in [9.17, 15) is 0 Å². The predicted molar refractivity (Wildman–Crippen MR) is 263 cm³/mol. The Morgan fingerprint density at radius 2 is 0.439 bits per heavy atom. The van der Waals surface area contributed by atoms with E-state index in [-0.39, 0.29) is 0 Å². The number of hydrogen-bond donors (Lipinski definition) is 0. The molecule has 57 heavy (non-hydrogen) atoms. The molecular weight excluding hydrogens is 865 g/mol. The van der Waals surface area contributed by atoms with Crippen LogP contribution in [0.1, 0.15) is 0 Å². The number of fused-ring (bicyclic) bond motifs is 3. The van der Waals surface area contributed by atoms with Gasteiger partial charge in [0.1, 0.15) is 0 Å². The minimum atomic E-state index is 1.33. The van der Waals surface area contributed by atoms with E-state index in [4.69, 9.17) is 0 Å². The summed E-state index contributed by atoms with van der Waals surface area (Å²) >= 11 is 17.1. The standard InChI is InChI=1S/C48H26S9/c1-3-11-29-27(9-1)43(37-15-7-25-49-37)55-45(29)39-21-17-33(51-39)35-19-23-41(53-35)47-31-13-5-6-14-32(31)48(57-47)42-24-20-36(54-42)34-18-22-40(52-34)46-30-12-4-2-10-28(30)44(56-46)38-16-8-26-50-38/h1-26H. The Kier molecular flexibility index (Phi) is 8.68. The monoisotopic (exact) mass is 890 g/mol. The molecule has 0 aliphatic carbocycles. The van der Waals surface area contributed by atoms with Gasteiger partial charge < -0.3 is 0 Å². The van der Waals surface area contributed by atoms with Crippen LogP contribution in [0.2, 0.25) is 0 Å². The van der Waals surface area contributed by atoms with Gasteiger partial charge in [-0.2, -0.15) is 0 Å². The van der Waals surface area contributed by atoms with E-state index in [1.54, 1.807) is 0 Å². The summed E-state index contributed by atoms with van der Waals surface area (Å²) in [5.41, 5.74) is 0. The average Bonchev–Trinajstić information content (AvgIpc) is 4.08. The van der Waals surface area contributed by atoms with Gasteiger partial charge in [-0.15, -0.1) is 102 Å². The molecule has 0 spiro atoms. The molecule has 0 bridgehead atoms. The van der Waals surface area contributed by atoms with Crippen LogP contribution in [0.3, 0.4) is 0 Å². The van der Waals surface area contributed by atoms with Crippen molar-refractivity contribution in [3.05, 3.63) is 156 Å². The SMILES string of the molecule is c1csc(-c2sc(-c3ccc(-c4ccc(-c5sc(-c6ccc(-c7ccc(-c8sc(-c9cccs9)c9ccccc89)s7)s6)c6ccccc56)s4)s3)c3ccccc23)c1. The van der Waals surface area contributed by atoms with Gasteiger partial charge in [0.2, 0.25) is 0 Å². The van der Waals surface area contributed by atoms with Crippen LogP contribution in [0.4, 0.5) is 0 Å². The number of thiophene rings is 9. The molecule has 0 atom stereocenters. The van der Waals surface area contributed by atoms with Crippen molar-refractivity contribution in [2.45, 2.75) is 0 Å². The molecule has 0 aliphatic heterocycles. The number of benzene rings is 3. The summed E-state index contributed by atoms with van der Waals surface area (Å²) in [6.07, 6.45) is 0. The van der Waals surface area contributed by atoms with Crippen LogP contribution in [0.15, 0.2) is 156 Å². The molecule has 272 valence electrons. The predicted octanol–water partition coefficient (Wildman–Crippen LogP) is 19.0. The molecular formula is C48H26S9. The molecule has 0 amide bonds. The summed E-state index contributed by atoms with van der Waals surface area (Å²) in [6, 6.07) is 54.1. The molecule has 12 aromatic rings. The highest BCUT2D eigenvalue weighted by molar-refractivity contribution is 7.33. The maximum Gasteiger partial charge on any atom is 0.0528 e. The minimum absolute atomic E-state index is 1.33. The van der Waals surface area contributed by atoms with Gasteiger partial charge in [-0.1, -0.05) is 84.9 Å². The van der Waals surface area contributed by atoms with Crippen molar-refractivity contribution in [3.8, 4) is 78.0 Å².